The number of carbonyl (C=O) groups is 2. The van der Waals surface area contributed by atoms with Crippen LogP contribution >= 0.6 is 11.3 Å². The van der Waals surface area contributed by atoms with Crippen LogP contribution in [0.5, 0.6) is 0 Å². The summed E-state index contributed by atoms with van der Waals surface area (Å²) in [5.41, 5.74) is 6.84. The Morgan fingerprint density at radius 1 is 1.17 bits per heavy atom. The van der Waals surface area contributed by atoms with E-state index in [1.54, 1.807) is 11.9 Å². The van der Waals surface area contributed by atoms with E-state index in [1.165, 1.54) is 23.5 Å². The maximum absolute atomic E-state index is 12.6. The third kappa shape index (κ3) is 5.16. The molecule has 156 valence electrons. The quantitative estimate of drug-likeness (QED) is 0.739. The summed E-state index contributed by atoms with van der Waals surface area (Å²) in [5.74, 6) is -0.849. The zero-order chi connectivity index (χ0) is 21.2. The number of carbonyl (C=O) groups excluding carboxylic acids is 2. The van der Waals surface area contributed by atoms with E-state index in [1.807, 2.05) is 0 Å². The number of hydrogen-bond acceptors (Lipinski definition) is 4. The predicted molar refractivity (Wildman–Crippen MR) is 106 cm³/mol. The number of halogens is 3. The van der Waals surface area contributed by atoms with E-state index < -0.39 is 17.6 Å². The molecule has 0 saturated carbocycles. The fourth-order valence-corrected chi connectivity index (χ4v) is 4.80. The van der Waals surface area contributed by atoms with E-state index in [9.17, 15) is 22.8 Å². The Bertz CT molecular complexity index is 907. The first-order chi connectivity index (χ1) is 13.6. The minimum atomic E-state index is -4.37. The standard InChI is InChI=1S/C20H22F3N3O2S/c1-26(10-12-6-8-13(9-7-12)20(21,22)23)11-16(27)25-19-17(18(24)28)14-4-2-3-5-15(14)29-19/h6-9H,2-5,10-11H2,1H3,(H2,24,28)(H,25,27). The fourth-order valence-electron chi connectivity index (χ4n) is 3.49. The molecule has 0 spiro atoms. The number of benzene rings is 1. The number of likely N-dealkylation sites (N-methyl/N-ethyl adjacent to an activating group) is 1. The lowest BCUT2D eigenvalue weighted by molar-refractivity contribution is -0.137. The van der Waals surface area contributed by atoms with Crippen LogP contribution in [0.25, 0.3) is 0 Å². The topological polar surface area (TPSA) is 75.4 Å². The maximum Gasteiger partial charge on any atom is 0.416 e. The smallest absolute Gasteiger partial charge is 0.365 e. The number of rotatable bonds is 6. The number of nitrogens with two attached hydrogens (primary N) is 1. The number of fused-ring (bicyclic) bond motifs is 1. The lowest BCUT2D eigenvalue weighted by Crippen LogP contribution is -2.30. The molecule has 0 unspecified atom stereocenters. The fraction of sp³-hybridized carbons (Fsp3) is 0.400. The first-order valence-electron chi connectivity index (χ1n) is 9.24. The van der Waals surface area contributed by atoms with Gasteiger partial charge >= 0.3 is 6.18 Å². The van der Waals surface area contributed by atoms with Crippen molar-refractivity contribution in [1.82, 2.24) is 4.90 Å². The maximum atomic E-state index is 12.6. The molecule has 2 amide bonds. The van der Waals surface area contributed by atoms with Crippen LogP contribution in [0, 0.1) is 0 Å². The van der Waals surface area contributed by atoms with Crippen LogP contribution in [-0.2, 0) is 30.4 Å². The Kier molecular flexibility index (Phi) is 6.28. The van der Waals surface area contributed by atoms with E-state index >= 15 is 0 Å². The van der Waals surface area contributed by atoms with Gasteiger partial charge in [0, 0.05) is 11.4 Å². The van der Waals surface area contributed by atoms with Crippen LogP contribution in [0.3, 0.4) is 0 Å². The van der Waals surface area contributed by atoms with E-state index in [0.29, 0.717) is 22.7 Å². The summed E-state index contributed by atoms with van der Waals surface area (Å²) in [6, 6.07) is 4.85. The van der Waals surface area contributed by atoms with Gasteiger partial charge in [-0.1, -0.05) is 12.1 Å². The molecule has 1 aromatic carbocycles. The molecule has 0 fully saturated rings. The Labute approximate surface area is 170 Å². The Morgan fingerprint density at radius 2 is 1.83 bits per heavy atom. The van der Waals surface area contributed by atoms with Crippen molar-refractivity contribution in [2.45, 2.75) is 38.4 Å². The Hall–Kier alpha value is -2.39. The van der Waals surface area contributed by atoms with E-state index in [4.69, 9.17) is 5.73 Å². The van der Waals surface area contributed by atoms with Gasteiger partial charge < -0.3 is 11.1 Å². The van der Waals surface area contributed by atoms with Crippen molar-refractivity contribution in [2.75, 3.05) is 18.9 Å². The number of alkyl halides is 3. The Morgan fingerprint density at radius 3 is 2.45 bits per heavy atom. The van der Waals surface area contributed by atoms with Crippen molar-refractivity contribution in [3.05, 3.63) is 51.4 Å². The van der Waals surface area contributed by atoms with Crippen molar-refractivity contribution in [1.29, 1.82) is 0 Å². The van der Waals surface area contributed by atoms with Crippen LogP contribution < -0.4 is 11.1 Å². The summed E-state index contributed by atoms with van der Waals surface area (Å²) in [7, 11) is 1.70. The van der Waals surface area contributed by atoms with Crippen molar-refractivity contribution in [2.24, 2.45) is 5.73 Å². The van der Waals surface area contributed by atoms with Crippen LogP contribution in [0.2, 0.25) is 0 Å². The second-order valence-corrected chi connectivity index (χ2v) is 8.30. The molecule has 3 N–H and O–H groups in total. The molecule has 1 aliphatic rings. The Balaban J connectivity index is 1.62. The third-order valence-electron chi connectivity index (χ3n) is 4.82. The van der Waals surface area contributed by atoms with Crippen LogP contribution in [-0.4, -0.2) is 30.3 Å². The molecule has 5 nitrogen and oxygen atoms in total. The van der Waals surface area contributed by atoms with Gasteiger partial charge in [0.25, 0.3) is 5.91 Å². The van der Waals surface area contributed by atoms with Gasteiger partial charge in [-0.25, -0.2) is 0 Å². The molecule has 0 atom stereocenters. The number of hydrogen-bond donors (Lipinski definition) is 2. The summed E-state index contributed by atoms with van der Waals surface area (Å²) >= 11 is 1.40. The number of amides is 2. The molecule has 0 saturated heterocycles. The average Bonchev–Trinajstić information content (AvgIpc) is 2.98. The molecular formula is C20H22F3N3O2S. The number of primary amides is 1. The summed E-state index contributed by atoms with van der Waals surface area (Å²) in [6.07, 6.45) is -0.664. The molecule has 29 heavy (non-hydrogen) atoms. The van der Waals surface area contributed by atoms with Gasteiger partial charge in [0.1, 0.15) is 5.00 Å². The highest BCUT2D eigenvalue weighted by Gasteiger charge is 2.30. The number of anilines is 1. The number of thiophene rings is 1. The van der Waals surface area contributed by atoms with E-state index in [0.717, 1.165) is 48.3 Å². The average molecular weight is 425 g/mol. The van der Waals surface area contributed by atoms with Gasteiger partial charge in [-0.2, -0.15) is 13.2 Å². The summed E-state index contributed by atoms with van der Waals surface area (Å²) in [5, 5.41) is 3.27. The highest BCUT2D eigenvalue weighted by atomic mass is 32.1. The molecule has 2 aromatic rings. The minimum absolute atomic E-state index is 0.0296. The first kappa shape index (κ1) is 21.3. The van der Waals surface area contributed by atoms with Crippen LogP contribution in [0.4, 0.5) is 18.2 Å². The van der Waals surface area contributed by atoms with Crippen LogP contribution in [0.15, 0.2) is 24.3 Å². The van der Waals surface area contributed by atoms with Gasteiger partial charge in [0.05, 0.1) is 17.7 Å². The second-order valence-electron chi connectivity index (χ2n) is 7.19. The second kappa shape index (κ2) is 8.54. The molecule has 0 radical (unpaired) electrons. The summed E-state index contributed by atoms with van der Waals surface area (Å²) < 4.78 is 37.9. The van der Waals surface area contributed by atoms with Gasteiger partial charge in [0.15, 0.2) is 0 Å². The largest absolute Gasteiger partial charge is 0.416 e. The molecule has 9 heteroatoms. The van der Waals surface area contributed by atoms with Crippen molar-refractivity contribution in [3.63, 3.8) is 0 Å². The summed E-state index contributed by atoms with van der Waals surface area (Å²) in [4.78, 5) is 27.1. The lowest BCUT2D eigenvalue weighted by atomic mass is 9.95. The molecule has 1 heterocycles. The molecule has 1 aliphatic carbocycles. The highest BCUT2D eigenvalue weighted by molar-refractivity contribution is 7.17. The molecule has 1 aromatic heterocycles. The lowest BCUT2D eigenvalue weighted by Gasteiger charge is -2.17. The van der Waals surface area contributed by atoms with Gasteiger partial charge in [-0.15, -0.1) is 11.3 Å². The van der Waals surface area contributed by atoms with E-state index in [2.05, 4.69) is 5.32 Å². The monoisotopic (exact) mass is 425 g/mol. The first-order valence-corrected chi connectivity index (χ1v) is 10.1. The van der Waals surface area contributed by atoms with Crippen LogP contribution in [0.1, 0.15) is 44.8 Å². The zero-order valence-corrected chi connectivity index (χ0v) is 16.8. The van der Waals surface area contributed by atoms with E-state index in [-0.39, 0.29) is 12.5 Å². The number of nitrogens with zero attached hydrogens (tertiary/aromatic N) is 1. The third-order valence-corrected chi connectivity index (χ3v) is 6.03. The van der Waals surface area contributed by atoms with Crippen molar-refractivity contribution in [3.8, 4) is 0 Å². The zero-order valence-electron chi connectivity index (χ0n) is 15.9. The van der Waals surface area contributed by atoms with Crippen molar-refractivity contribution >= 4 is 28.2 Å². The van der Waals surface area contributed by atoms with Gasteiger partial charge in [-0.3, -0.25) is 14.5 Å². The predicted octanol–water partition coefficient (Wildman–Crippen LogP) is 3.82. The molecular weight excluding hydrogens is 403 g/mol. The highest BCUT2D eigenvalue weighted by Crippen LogP contribution is 2.37. The normalized spacial score (nSPS) is 14.0. The number of aryl methyl sites for hydroxylation is 1. The minimum Gasteiger partial charge on any atom is -0.365 e. The molecule has 0 bridgehead atoms. The van der Waals surface area contributed by atoms with Gasteiger partial charge in [0.2, 0.25) is 5.91 Å². The molecule has 0 aliphatic heterocycles. The number of nitrogens with one attached hydrogen (secondary N) is 1. The van der Waals surface area contributed by atoms with Gasteiger partial charge in [-0.05, 0) is 56.0 Å². The van der Waals surface area contributed by atoms with Crippen molar-refractivity contribution < 1.29 is 22.8 Å². The SMILES string of the molecule is CN(CC(=O)Nc1sc2c(c1C(N)=O)CCCC2)Cc1ccc(C(F)(F)F)cc1. The summed E-state index contributed by atoms with van der Waals surface area (Å²) in [6.45, 7) is 0.344. The molecule has 3 rings (SSSR count).